The van der Waals surface area contributed by atoms with Crippen molar-refractivity contribution >= 4 is 0 Å². The molecule has 7 fully saturated rings. The maximum Gasteiger partial charge on any atom is 0.0713 e. The molecule has 7 saturated carbocycles. The fourth-order valence-corrected chi connectivity index (χ4v) is 18.9. The largest absolute Gasteiger partial charge is 0.0713 e. The second-order valence-electron chi connectivity index (χ2n) is 24.5. The van der Waals surface area contributed by atoms with E-state index in [4.69, 9.17) is 0 Å². The molecule has 0 nitrogen and oxygen atoms in total. The van der Waals surface area contributed by atoms with Crippen molar-refractivity contribution in [2.24, 2.45) is 35.5 Å². The van der Waals surface area contributed by atoms with Crippen molar-refractivity contribution < 1.29 is 0 Å². The van der Waals surface area contributed by atoms with Gasteiger partial charge < -0.3 is 0 Å². The van der Waals surface area contributed by atoms with Crippen LogP contribution in [0.2, 0.25) is 0 Å². The molecule has 0 spiro atoms. The summed E-state index contributed by atoms with van der Waals surface area (Å²) in [5.74, 6) is 5.21. The fraction of sp³-hybridized carbons (Fsp3) is 0.211. The highest BCUT2D eigenvalue weighted by Crippen LogP contribution is 2.77. The SMILES string of the molecule is c1ccc(C2(c3ccccc3)c3ccccc3-c3ccc(-c4ccc(C56CC7C8CC9(c%10ccc(-c%11ccc%12c(c%11)C(c%11ccccc%11)(c%11ccccc%11)c%11ccccc%11-%12)cc%10)CC7C(C5)C(C9)C8C6)cc4)cc32)cc1. The van der Waals surface area contributed by atoms with Gasteiger partial charge in [0.25, 0.3) is 0 Å². The Hall–Kier alpha value is -7.80. The molecule has 76 heavy (non-hydrogen) atoms. The van der Waals surface area contributed by atoms with Crippen LogP contribution in [-0.4, -0.2) is 0 Å². The Bertz CT molecular complexity index is 3500. The summed E-state index contributed by atoms with van der Waals surface area (Å²) >= 11 is 0. The van der Waals surface area contributed by atoms with Crippen molar-refractivity contribution in [3.63, 3.8) is 0 Å². The van der Waals surface area contributed by atoms with Crippen LogP contribution in [0.15, 0.2) is 255 Å². The molecule has 8 bridgehead atoms. The van der Waals surface area contributed by atoms with Crippen molar-refractivity contribution in [3.05, 3.63) is 310 Å². The molecule has 9 aliphatic rings. The minimum absolute atomic E-state index is 0.326. The van der Waals surface area contributed by atoms with E-state index in [9.17, 15) is 0 Å². The number of hydrogen-bond donors (Lipinski definition) is 0. The van der Waals surface area contributed by atoms with Crippen LogP contribution in [0.3, 0.4) is 0 Å². The van der Waals surface area contributed by atoms with Gasteiger partial charge in [-0.05, 0) is 197 Å². The first kappa shape index (κ1) is 43.4. The Balaban J connectivity index is 0.659. The van der Waals surface area contributed by atoms with Gasteiger partial charge in [-0.1, -0.05) is 243 Å². The molecule has 0 heteroatoms. The van der Waals surface area contributed by atoms with Gasteiger partial charge in [-0.3, -0.25) is 0 Å². The number of rotatable bonds is 8. The Morgan fingerprint density at radius 3 is 0.789 bits per heavy atom. The normalized spacial score (nSPS) is 26.7. The van der Waals surface area contributed by atoms with Crippen molar-refractivity contribution in [2.45, 2.75) is 60.2 Å². The molecule has 0 aliphatic heterocycles. The van der Waals surface area contributed by atoms with Gasteiger partial charge in [0.05, 0.1) is 10.8 Å². The van der Waals surface area contributed by atoms with E-state index in [-0.39, 0.29) is 10.8 Å². The number of benzene rings is 10. The predicted molar refractivity (Wildman–Crippen MR) is 310 cm³/mol. The molecular formula is C76H60. The van der Waals surface area contributed by atoms with Crippen LogP contribution in [0, 0.1) is 35.5 Å². The van der Waals surface area contributed by atoms with E-state index in [0.717, 1.165) is 35.5 Å². The third-order valence-electron chi connectivity index (χ3n) is 21.6. The van der Waals surface area contributed by atoms with E-state index in [0.29, 0.717) is 10.8 Å². The molecule has 0 amide bonds. The van der Waals surface area contributed by atoms with Crippen LogP contribution in [0.1, 0.15) is 94.2 Å². The summed E-state index contributed by atoms with van der Waals surface area (Å²) in [6, 6.07) is 97.9. The van der Waals surface area contributed by atoms with Gasteiger partial charge in [0.15, 0.2) is 0 Å². The zero-order valence-electron chi connectivity index (χ0n) is 43.0. The van der Waals surface area contributed by atoms with Crippen molar-refractivity contribution in [1.82, 2.24) is 0 Å². The first-order valence-corrected chi connectivity index (χ1v) is 28.5. The zero-order valence-corrected chi connectivity index (χ0v) is 43.0. The minimum atomic E-state index is -0.388. The highest BCUT2D eigenvalue weighted by atomic mass is 14.7. The first-order chi connectivity index (χ1) is 37.6. The second kappa shape index (κ2) is 15.9. The predicted octanol–water partition coefficient (Wildman–Crippen LogP) is 18.0. The van der Waals surface area contributed by atoms with Gasteiger partial charge in [0, 0.05) is 0 Å². The van der Waals surface area contributed by atoms with Crippen LogP contribution in [-0.2, 0) is 21.7 Å². The smallest absolute Gasteiger partial charge is 0.0622 e. The van der Waals surface area contributed by atoms with E-state index in [2.05, 4.69) is 255 Å². The summed E-state index contributed by atoms with van der Waals surface area (Å²) in [7, 11) is 0. The molecule has 0 aromatic heterocycles. The molecule has 10 aromatic carbocycles. The molecule has 0 radical (unpaired) electrons. The maximum atomic E-state index is 2.57. The van der Waals surface area contributed by atoms with Gasteiger partial charge in [-0.15, -0.1) is 0 Å². The van der Waals surface area contributed by atoms with Gasteiger partial charge in [-0.25, -0.2) is 0 Å². The van der Waals surface area contributed by atoms with Crippen LogP contribution in [0.4, 0.5) is 0 Å². The van der Waals surface area contributed by atoms with Gasteiger partial charge >= 0.3 is 0 Å². The molecule has 0 heterocycles. The van der Waals surface area contributed by atoms with Crippen molar-refractivity contribution in [1.29, 1.82) is 0 Å². The lowest BCUT2D eigenvalue weighted by molar-refractivity contribution is -0.221. The Kier molecular flexibility index (Phi) is 9.07. The van der Waals surface area contributed by atoms with Crippen LogP contribution in [0.5, 0.6) is 0 Å². The third-order valence-corrected chi connectivity index (χ3v) is 21.6. The molecule has 0 unspecified atom stereocenters. The molecule has 0 atom stereocenters. The maximum absolute atomic E-state index is 2.57. The molecule has 0 N–H and O–H groups in total. The van der Waals surface area contributed by atoms with Crippen LogP contribution < -0.4 is 0 Å². The molecule has 0 saturated heterocycles. The molecule has 10 aromatic rings. The average molecular weight is 973 g/mol. The third kappa shape index (κ3) is 5.70. The molecule has 364 valence electrons. The lowest BCUT2D eigenvalue weighted by Crippen LogP contribution is -2.69. The fourth-order valence-electron chi connectivity index (χ4n) is 18.9. The van der Waals surface area contributed by atoms with E-state index in [1.54, 1.807) is 11.1 Å². The first-order valence-electron chi connectivity index (χ1n) is 28.5. The van der Waals surface area contributed by atoms with Crippen LogP contribution >= 0.6 is 0 Å². The van der Waals surface area contributed by atoms with Crippen LogP contribution in [0.25, 0.3) is 44.5 Å². The standard InChI is InChI=1S/C76H60/c1-5-17-55(18-6-1)75(56-19-7-2-8-20-56)69-27-15-13-25-59(69)61-39-33-51(41-71(61)75)49-29-35-53(36-30-49)73-43-63-66-46-74(47-67(63)65(45-73)68(48-74)64(66)44-73)54-37-31-50(32-38-54)52-34-40-62-60-26-14-16-28-70(60)76(72(62)42-52,57-21-9-3-10-22-57)58-23-11-4-12-24-58/h1-42,63-68H,43-48H2. The van der Waals surface area contributed by atoms with Crippen molar-refractivity contribution in [3.8, 4) is 44.5 Å². The van der Waals surface area contributed by atoms with Gasteiger partial charge in [0.2, 0.25) is 0 Å². The molecule has 9 aliphatic carbocycles. The van der Waals surface area contributed by atoms with E-state index in [1.165, 1.54) is 128 Å². The molecular weight excluding hydrogens is 913 g/mol. The number of fused-ring (bicyclic) bond motifs is 6. The topological polar surface area (TPSA) is 0 Å². The summed E-state index contributed by atoms with van der Waals surface area (Å²) in [4.78, 5) is 0. The lowest BCUT2D eigenvalue weighted by atomic mass is 9.29. The van der Waals surface area contributed by atoms with Crippen molar-refractivity contribution in [2.75, 3.05) is 0 Å². The second-order valence-corrected chi connectivity index (χ2v) is 24.5. The average Bonchev–Trinajstić information content (AvgIpc) is 4.09. The Labute approximate surface area is 448 Å². The van der Waals surface area contributed by atoms with E-state index in [1.807, 2.05) is 0 Å². The lowest BCUT2D eigenvalue weighted by Gasteiger charge is -2.75. The highest BCUT2D eigenvalue weighted by Gasteiger charge is 2.70. The summed E-state index contributed by atoms with van der Waals surface area (Å²) < 4.78 is 0. The Morgan fingerprint density at radius 2 is 0.474 bits per heavy atom. The number of hydrogen-bond acceptors (Lipinski definition) is 0. The van der Waals surface area contributed by atoms with Gasteiger partial charge in [-0.2, -0.15) is 0 Å². The zero-order chi connectivity index (χ0) is 49.8. The molecule has 19 rings (SSSR count). The van der Waals surface area contributed by atoms with E-state index < -0.39 is 0 Å². The Morgan fingerprint density at radius 1 is 0.211 bits per heavy atom. The summed E-state index contributed by atoms with van der Waals surface area (Å²) in [6.45, 7) is 0. The highest BCUT2D eigenvalue weighted by molar-refractivity contribution is 5.90. The minimum Gasteiger partial charge on any atom is -0.0622 e. The monoisotopic (exact) mass is 972 g/mol. The summed E-state index contributed by atoms with van der Waals surface area (Å²) in [5.41, 5.74) is 24.5. The summed E-state index contributed by atoms with van der Waals surface area (Å²) in [5, 5.41) is 0. The van der Waals surface area contributed by atoms with Gasteiger partial charge in [0.1, 0.15) is 0 Å². The summed E-state index contributed by atoms with van der Waals surface area (Å²) in [6.07, 6.45) is 8.33. The van der Waals surface area contributed by atoms with E-state index >= 15 is 0 Å². The quantitative estimate of drug-likeness (QED) is 0.142.